The van der Waals surface area contributed by atoms with E-state index in [0.717, 1.165) is 5.56 Å². The maximum absolute atomic E-state index is 12.6. The molecule has 0 fully saturated rings. The average Bonchev–Trinajstić information content (AvgIpc) is 3.00. The molecule has 0 radical (unpaired) electrons. The third kappa shape index (κ3) is 4.69. The first-order chi connectivity index (χ1) is 14.4. The Bertz CT molecular complexity index is 1090. The van der Waals surface area contributed by atoms with Crippen molar-refractivity contribution in [3.63, 3.8) is 0 Å². The van der Waals surface area contributed by atoms with Crippen molar-refractivity contribution in [1.82, 2.24) is 15.1 Å². The number of nitro groups is 1. The molecule has 1 aromatic heterocycles. The Morgan fingerprint density at radius 2 is 1.73 bits per heavy atom. The van der Waals surface area contributed by atoms with Crippen molar-refractivity contribution in [1.29, 1.82) is 0 Å². The molecule has 0 bridgehead atoms. The minimum atomic E-state index is -0.515. The predicted molar refractivity (Wildman–Crippen MR) is 111 cm³/mol. The summed E-state index contributed by atoms with van der Waals surface area (Å²) in [5.41, 5.74) is 2.06. The topological polar surface area (TPSA) is 119 Å². The second-order valence-corrected chi connectivity index (χ2v) is 6.70. The molecule has 0 aliphatic heterocycles. The highest BCUT2D eigenvalue weighted by Crippen LogP contribution is 2.22. The van der Waals surface area contributed by atoms with Gasteiger partial charge in [-0.05, 0) is 31.5 Å². The number of hydrogen-bond acceptors (Lipinski definition) is 5. The number of amides is 2. The van der Waals surface area contributed by atoms with E-state index in [1.54, 1.807) is 24.3 Å². The number of anilines is 1. The van der Waals surface area contributed by atoms with Crippen molar-refractivity contribution in [3.05, 3.63) is 87.2 Å². The lowest BCUT2D eigenvalue weighted by molar-refractivity contribution is -0.386. The second-order valence-electron chi connectivity index (χ2n) is 6.70. The zero-order valence-corrected chi connectivity index (χ0v) is 16.6. The monoisotopic (exact) mass is 407 g/mol. The maximum atomic E-state index is 12.6. The molecule has 0 saturated heterocycles. The first-order valence-corrected chi connectivity index (χ1v) is 9.26. The Hall–Kier alpha value is -4.01. The number of aromatic nitrogens is 2. The van der Waals surface area contributed by atoms with Crippen LogP contribution in [0.5, 0.6) is 0 Å². The van der Waals surface area contributed by atoms with Crippen molar-refractivity contribution in [2.45, 2.75) is 26.9 Å². The van der Waals surface area contributed by atoms with E-state index in [-0.39, 0.29) is 23.8 Å². The lowest BCUT2D eigenvalue weighted by Crippen LogP contribution is -2.26. The maximum Gasteiger partial charge on any atom is 0.312 e. The molecular formula is C21H21N5O4. The molecule has 2 aromatic carbocycles. The number of nitrogens with zero attached hydrogens (tertiary/aromatic N) is 3. The van der Waals surface area contributed by atoms with Gasteiger partial charge in [0.25, 0.3) is 5.91 Å². The van der Waals surface area contributed by atoms with Gasteiger partial charge in [-0.25, -0.2) is 0 Å². The van der Waals surface area contributed by atoms with Gasteiger partial charge in [-0.1, -0.05) is 42.5 Å². The summed E-state index contributed by atoms with van der Waals surface area (Å²) in [6, 6.07) is 16.1. The lowest BCUT2D eigenvalue weighted by Gasteiger charge is -2.12. The number of benzene rings is 2. The van der Waals surface area contributed by atoms with E-state index >= 15 is 0 Å². The summed E-state index contributed by atoms with van der Waals surface area (Å²) in [7, 11) is 0. The van der Waals surface area contributed by atoms with Crippen molar-refractivity contribution in [2.75, 3.05) is 5.32 Å². The van der Waals surface area contributed by atoms with E-state index in [9.17, 15) is 19.7 Å². The molecule has 9 nitrogen and oxygen atoms in total. The summed E-state index contributed by atoms with van der Waals surface area (Å²) in [5, 5.41) is 20.7. The highest BCUT2D eigenvalue weighted by atomic mass is 16.6. The van der Waals surface area contributed by atoms with Gasteiger partial charge in [0.1, 0.15) is 17.9 Å². The smallest absolute Gasteiger partial charge is 0.312 e. The van der Waals surface area contributed by atoms with Gasteiger partial charge in [0, 0.05) is 6.54 Å². The summed E-state index contributed by atoms with van der Waals surface area (Å²) in [4.78, 5) is 35.7. The third-order valence-corrected chi connectivity index (χ3v) is 4.56. The Morgan fingerprint density at radius 3 is 2.40 bits per heavy atom. The molecule has 154 valence electrons. The molecular weight excluding hydrogens is 386 g/mol. The molecule has 2 N–H and O–H groups in total. The number of rotatable bonds is 7. The average molecular weight is 407 g/mol. The van der Waals surface area contributed by atoms with E-state index in [1.807, 2.05) is 30.3 Å². The first-order valence-electron chi connectivity index (χ1n) is 9.26. The summed E-state index contributed by atoms with van der Waals surface area (Å²) in [5.74, 6) is -0.768. The van der Waals surface area contributed by atoms with Crippen molar-refractivity contribution in [3.8, 4) is 0 Å². The van der Waals surface area contributed by atoms with Crippen LogP contribution in [0.2, 0.25) is 0 Å². The van der Waals surface area contributed by atoms with Crippen LogP contribution in [0.25, 0.3) is 0 Å². The number of hydrogen-bond donors (Lipinski definition) is 2. The zero-order chi connectivity index (χ0) is 21.7. The van der Waals surface area contributed by atoms with Gasteiger partial charge in [-0.15, -0.1) is 0 Å². The van der Waals surface area contributed by atoms with Gasteiger partial charge in [0.15, 0.2) is 0 Å². The highest BCUT2D eigenvalue weighted by molar-refractivity contribution is 6.03. The summed E-state index contributed by atoms with van der Waals surface area (Å²) in [6.45, 7) is 3.21. The standard InChI is InChI=1S/C21H21N5O4/c1-14-20(26(29)30)15(2)25(24-14)13-19(27)23-18-11-7-6-10-17(18)21(28)22-12-16-8-4-3-5-9-16/h3-11H,12-13H2,1-2H3,(H,22,28)(H,23,27). The SMILES string of the molecule is Cc1nn(CC(=O)Nc2ccccc2C(=O)NCc2ccccc2)c(C)c1[N+](=O)[O-]. The number of aryl methyl sites for hydroxylation is 1. The van der Waals surface area contributed by atoms with Crippen molar-refractivity contribution in [2.24, 2.45) is 0 Å². The molecule has 0 aliphatic carbocycles. The number of carbonyl (C=O) groups is 2. The summed E-state index contributed by atoms with van der Waals surface area (Å²) in [6.07, 6.45) is 0. The lowest BCUT2D eigenvalue weighted by atomic mass is 10.1. The Balaban J connectivity index is 1.70. The van der Waals surface area contributed by atoms with Gasteiger partial charge < -0.3 is 10.6 Å². The molecule has 3 aromatic rings. The fraction of sp³-hybridized carbons (Fsp3) is 0.190. The molecule has 0 aliphatic rings. The second kappa shape index (κ2) is 8.99. The summed E-state index contributed by atoms with van der Waals surface area (Å²) < 4.78 is 1.28. The van der Waals surface area contributed by atoms with E-state index in [4.69, 9.17) is 0 Å². The Labute approximate surface area is 172 Å². The molecule has 0 atom stereocenters. The third-order valence-electron chi connectivity index (χ3n) is 4.56. The molecule has 0 saturated carbocycles. The Kier molecular flexibility index (Phi) is 6.21. The number of carbonyl (C=O) groups excluding carboxylic acids is 2. The Morgan fingerprint density at radius 1 is 1.07 bits per heavy atom. The molecule has 2 amide bonds. The van der Waals surface area contributed by atoms with Gasteiger partial charge in [0.05, 0.1) is 16.2 Å². The van der Waals surface area contributed by atoms with E-state index in [1.165, 1.54) is 18.5 Å². The van der Waals surface area contributed by atoms with Crippen LogP contribution in [0.4, 0.5) is 11.4 Å². The molecule has 3 rings (SSSR count). The zero-order valence-electron chi connectivity index (χ0n) is 16.6. The minimum Gasteiger partial charge on any atom is -0.348 e. The number of nitrogens with one attached hydrogen (secondary N) is 2. The van der Waals surface area contributed by atoms with Crippen LogP contribution in [0, 0.1) is 24.0 Å². The van der Waals surface area contributed by atoms with Crippen molar-refractivity contribution < 1.29 is 14.5 Å². The van der Waals surface area contributed by atoms with E-state index < -0.39 is 10.8 Å². The molecule has 0 unspecified atom stereocenters. The molecule has 1 heterocycles. The fourth-order valence-electron chi connectivity index (χ4n) is 3.09. The minimum absolute atomic E-state index is 0.108. The molecule has 9 heteroatoms. The van der Waals surface area contributed by atoms with E-state index in [2.05, 4.69) is 15.7 Å². The van der Waals surface area contributed by atoms with Crippen LogP contribution < -0.4 is 10.6 Å². The quantitative estimate of drug-likeness (QED) is 0.461. The molecule has 0 spiro atoms. The van der Waals surface area contributed by atoms with E-state index in [0.29, 0.717) is 23.5 Å². The van der Waals surface area contributed by atoms with Gasteiger partial charge >= 0.3 is 5.69 Å². The van der Waals surface area contributed by atoms with Crippen LogP contribution >= 0.6 is 0 Å². The number of para-hydroxylation sites is 1. The first kappa shape index (κ1) is 20.7. The van der Waals surface area contributed by atoms with Crippen LogP contribution in [-0.2, 0) is 17.9 Å². The highest BCUT2D eigenvalue weighted by Gasteiger charge is 2.23. The van der Waals surface area contributed by atoms with Crippen LogP contribution in [0.1, 0.15) is 27.3 Å². The van der Waals surface area contributed by atoms with Crippen LogP contribution in [0.3, 0.4) is 0 Å². The predicted octanol–water partition coefficient (Wildman–Crippen LogP) is 2.98. The normalized spacial score (nSPS) is 10.5. The van der Waals surface area contributed by atoms with Crippen molar-refractivity contribution >= 4 is 23.2 Å². The molecule has 30 heavy (non-hydrogen) atoms. The fourth-order valence-corrected chi connectivity index (χ4v) is 3.09. The van der Waals surface area contributed by atoms with Gasteiger partial charge in [-0.2, -0.15) is 5.10 Å². The van der Waals surface area contributed by atoms with Crippen LogP contribution in [-0.4, -0.2) is 26.5 Å². The van der Waals surface area contributed by atoms with Gasteiger partial charge in [-0.3, -0.25) is 24.4 Å². The largest absolute Gasteiger partial charge is 0.348 e. The van der Waals surface area contributed by atoms with Gasteiger partial charge in [0.2, 0.25) is 5.91 Å². The summed E-state index contributed by atoms with van der Waals surface area (Å²) >= 11 is 0. The van der Waals surface area contributed by atoms with Crippen LogP contribution in [0.15, 0.2) is 54.6 Å².